The predicted molar refractivity (Wildman–Crippen MR) is 76.7 cm³/mol. The number of hydrogen-bond acceptors (Lipinski definition) is 0. The van der Waals surface area contributed by atoms with Crippen molar-refractivity contribution in [1.29, 1.82) is 0 Å². The fraction of sp³-hybridized carbons (Fsp3) is 0.353. The molecule has 0 unspecified atom stereocenters. The highest BCUT2D eigenvalue weighted by Gasteiger charge is 2.18. The van der Waals surface area contributed by atoms with Crippen LogP contribution < -0.4 is 4.57 Å². The number of benzene rings is 1. The maximum atomic E-state index is 7.99. The van der Waals surface area contributed by atoms with Gasteiger partial charge in [-0.1, -0.05) is 17.7 Å². The average molecular weight is 252 g/mol. The fourth-order valence-electron chi connectivity index (χ4n) is 2.01. The highest BCUT2D eigenvalue weighted by molar-refractivity contribution is 5.66. The zero-order chi connectivity index (χ0) is 23.4. The van der Waals surface area contributed by atoms with Crippen LogP contribution in [-0.2, 0) is 7.05 Å². The van der Waals surface area contributed by atoms with Gasteiger partial charge in [0.1, 0.15) is 7.05 Å². The molecule has 0 fully saturated rings. The summed E-state index contributed by atoms with van der Waals surface area (Å²) in [5.74, 6) is 0. The predicted octanol–water partition coefficient (Wildman–Crippen LogP) is 3.72. The van der Waals surface area contributed by atoms with Crippen molar-refractivity contribution in [2.75, 3.05) is 0 Å². The van der Waals surface area contributed by atoms with Crippen molar-refractivity contribution in [1.82, 2.24) is 0 Å². The van der Waals surface area contributed by atoms with E-state index in [1.807, 2.05) is 0 Å². The van der Waals surface area contributed by atoms with Crippen molar-refractivity contribution in [3.63, 3.8) is 0 Å². The summed E-state index contributed by atoms with van der Waals surface area (Å²) in [6.45, 7) is -9.57. The molecular formula is C17H22N+. The lowest BCUT2D eigenvalue weighted by Gasteiger charge is -2.11. The molecule has 0 radical (unpaired) electrons. The Bertz CT molecular complexity index is 961. The van der Waals surface area contributed by atoms with E-state index in [9.17, 15) is 0 Å². The van der Waals surface area contributed by atoms with Crippen LogP contribution in [0.3, 0.4) is 0 Å². The van der Waals surface area contributed by atoms with Gasteiger partial charge in [-0.05, 0) is 51.5 Å². The molecule has 0 amide bonds. The molecule has 1 heterocycles. The third-order valence-electron chi connectivity index (χ3n) is 2.91. The van der Waals surface area contributed by atoms with Gasteiger partial charge in [0.25, 0.3) is 0 Å². The van der Waals surface area contributed by atoms with Gasteiger partial charge in [-0.15, -0.1) is 0 Å². The van der Waals surface area contributed by atoms with E-state index in [0.717, 1.165) is 6.20 Å². The molecule has 0 spiro atoms. The fourth-order valence-corrected chi connectivity index (χ4v) is 2.01. The minimum atomic E-state index is -3.00. The van der Waals surface area contributed by atoms with Gasteiger partial charge in [-0.2, -0.15) is 0 Å². The first-order chi connectivity index (χ1) is 13.3. The van der Waals surface area contributed by atoms with Crippen LogP contribution in [0.4, 0.5) is 0 Å². The van der Waals surface area contributed by atoms with Gasteiger partial charge in [0, 0.05) is 33.1 Å². The molecule has 0 bridgehead atoms. The smallest absolute Gasteiger partial charge is 0.201 e. The number of aryl methyl sites for hydroxylation is 4. The minimum absolute atomic E-state index is 0.00344. The van der Waals surface area contributed by atoms with E-state index in [1.54, 1.807) is 6.92 Å². The van der Waals surface area contributed by atoms with E-state index in [2.05, 4.69) is 0 Å². The van der Waals surface area contributed by atoms with Crippen LogP contribution in [0, 0.1) is 34.3 Å². The second kappa shape index (κ2) is 4.56. The van der Waals surface area contributed by atoms with E-state index in [0.29, 0.717) is 11.1 Å². The van der Waals surface area contributed by atoms with Crippen LogP contribution in [0.2, 0.25) is 0 Å². The summed E-state index contributed by atoms with van der Waals surface area (Å²) in [7, 11) is 1.43. The van der Waals surface area contributed by atoms with Gasteiger partial charge in [0.15, 0.2) is 6.20 Å². The number of aromatic nitrogens is 1. The van der Waals surface area contributed by atoms with E-state index in [1.165, 1.54) is 29.8 Å². The molecule has 0 aliphatic heterocycles. The Morgan fingerprint density at radius 2 is 1.83 bits per heavy atom. The van der Waals surface area contributed by atoms with E-state index >= 15 is 0 Å². The van der Waals surface area contributed by atoms with Crippen LogP contribution in [0.25, 0.3) is 11.3 Å². The molecule has 0 atom stereocenters. The Balaban J connectivity index is 3.05. The Morgan fingerprint density at radius 3 is 2.44 bits per heavy atom. The lowest BCUT2D eigenvalue weighted by Crippen LogP contribution is -2.33. The molecule has 0 saturated carbocycles. The van der Waals surface area contributed by atoms with Crippen molar-refractivity contribution in [3.8, 4) is 11.3 Å². The normalized spacial score (nSPS) is 23.4. The van der Waals surface area contributed by atoms with Crippen molar-refractivity contribution < 1.29 is 21.0 Å². The molecule has 1 aromatic heterocycles. The summed E-state index contributed by atoms with van der Waals surface area (Å²) in [6.07, 6.45) is 1.11. The van der Waals surface area contributed by atoms with Gasteiger partial charge in [0.05, 0.1) is 0 Å². The summed E-state index contributed by atoms with van der Waals surface area (Å²) >= 11 is 0. The topological polar surface area (TPSA) is 3.88 Å². The molecule has 0 saturated heterocycles. The van der Waals surface area contributed by atoms with Gasteiger partial charge in [-0.25, -0.2) is 4.57 Å². The SMILES string of the molecule is [2H]C([2H])([2H])c1ccc(-c2c(C([2H])([2H])[2H])c(C([2H])([2H])[2H])c(C([2H])([2H])[2H])c[n+]2C)c(C)c1. The lowest BCUT2D eigenvalue weighted by atomic mass is 9.96. The third kappa shape index (κ3) is 2.05. The second-order valence-corrected chi connectivity index (χ2v) is 4.28. The zero-order valence-electron chi connectivity index (χ0n) is 22.3. The van der Waals surface area contributed by atoms with Gasteiger partial charge >= 0.3 is 0 Å². The van der Waals surface area contributed by atoms with E-state index < -0.39 is 44.1 Å². The lowest BCUT2D eigenvalue weighted by molar-refractivity contribution is -0.661. The molecule has 1 nitrogen and oxygen atoms in total. The molecular weight excluding hydrogens is 218 g/mol. The van der Waals surface area contributed by atoms with Gasteiger partial charge in [-0.3, -0.25) is 0 Å². The summed E-state index contributed by atoms with van der Waals surface area (Å²) in [5.41, 5.74) is -1.09. The highest BCUT2D eigenvalue weighted by atomic mass is 14.9. The van der Waals surface area contributed by atoms with Crippen molar-refractivity contribution in [3.05, 3.63) is 52.2 Å². The Labute approximate surface area is 127 Å². The number of hydrogen-bond donors (Lipinski definition) is 0. The van der Waals surface area contributed by atoms with Crippen LogP contribution in [0.1, 0.15) is 44.3 Å². The summed E-state index contributed by atoms with van der Waals surface area (Å²) < 4.78 is 94.7. The standard InChI is InChI=1S/C17H22N/c1-11-7-8-16(12(2)9-11)17-15(5)14(4)13(3)10-18(17)6/h7-10H,1-6H3/q+1/i1D3,3D3,4D3,5D3. The van der Waals surface area contributed by atoms with E-state index in [-0.39, 0.29) is 11.3 Å². The Morgan fingerprint density at radius 1 is 1.00 bits per heavy atom. The molecule has 0 aliphatic carbocycles. The summed E-state index contributed by atoms with van der Waals surface area (Å²) in [6, 6.07) is 4.13. The van der Waals surface area contributed by atoms with Crippen LogP contribution >= 0.6 is 0 Å². The Kier molecular flexibility index (Phi) is 1.14. The molecule has 0 N–H and O–H groups in total. The zero-order valence-corrected chi connectivity index (χ0v) is 10.3. The summed E-state index contributed by atoms with van der Waals surface area (Å²) in [5, 5.41) is 0. The second-order valence-electron chi connectivity index (χ2n) is 4.28. The molecule has 1 aromatic carbocycles. The minimum Gasteiger partial charge on any atom is -0.201 e. The first-order valence-electron chi connectivity index (χ1n) is 11.5. The molecule has 0 aliphatic rings. The number of nitrogens with zero attached hydrogens (tertiary/aromatic N) is 1. The Hall–Kier alpha value is -1.63. The molecule has 1 heteroatoms. The van der Waals surface area contributed by atoms with Crippen molar-refractivity contribution in [2.24, 2.45) is 7.05 Å². The van der Waals surface area contributed by atoms with Crippen molar-refractivity contribution >= 4 is 0 Å². The van der Waals surface area contributed by atoms with Crippen LogP contribution in [0.15, 0.2) is 24.4 Å². The first-order valence-corrected chi connectivity index (χ1v) is 5.46. The highest BCUT2D eigenvalue weighted by Crippen LogP contribution is 2.26. The molecule has 2 rings (SSSR count). The summed E-state index contributed by atoms with van der Waals surface area (Å²) in [4.78, 5) is 0. The third-order valence-corrected chi connectivity index (χ3v) is 2.91. The maximum absolute atomic E-state index is 7.99. The van der Waals surface area contributed by atoms with Crippen molar-refractivity contribution in [2.45, 2.75) is 34.3 Å². The molecule has 2 aromatic rings. The van der Waals surface area contributed by atoms with Gasteiger partial charge in [0.2, 0.25) is 5.69 Å². The van der Waals surface area contributed by atoms with Crippen LogP contribution in [-0.4, -0.2) is 0 Å². The van der Waals surface area contributed by atoms with Gasteiger partial charge < -0.3 is 0 Å². The molecule has 18 heavy (non-hydrogen) atoms. The number of rotatable bonds is 1. The first kappa shape index (κ1) is 4.48. The van der Waals surface area contributed by atoms with E-state index in [4.69, 9.17) is 16.4 Å². The van der Waals surface area contributed by atoms with Crippen LogP contribution in [0.5, 0.6) is 0 Å². The molecule has 94 valence electrons. The monoisotopic (exact) mass is 252 g/mol. The maximum Gasteiger partial charge on any atom is 0.215 e. The quantitative estimate of drug-likeness (QED) is 0.681. The average Bonchev–Trinajstić information content (AvgIpc) is 2.50. The largest absolute Gasteiger partial charge is 0.215 e. The number of pyridine rings is 1.